The van der Waals surface area contributed by atoms with Crippen molar-refractivity contribution in [2.45, 2.75) is 0 Å². The molecule has 1 heterocycles. The van der Waals surface area contributed by atoms with Gasteiger partial charge in [0.1, 0.15) is 10.8 Å². The number of imidazole rings is 1. The van der Waals surface area contributed by atoms with Crippen molar-refractivity contribution in [1.29, 1.82) is 0 Å². The van der Waals surface area contributed by atoms with Gasteiger partial charge < -0.3 is 4.98 Å². The minimum Gasteiger partial charge on any atom is -0.303 e. The average Bonchev–Trinajstić information content (AvgIpc) is 1.98. The van der Waals surface area contributed by atoms with Crippen LogP contribution >= 0.6 is 15.9 Å². The van der Waals surface area contributed by atoms with Gasteiger partial charge in [0.05, 0.1) is 0 Å². The summed E-state index contributed by atoms with van der Waals surface area (Å²) >= 11 is 3.09. The molecule has 0 aliphatic heterocycles. The van der Waals surface area contributed by atoms with E-state index in [2.05, 4.69) is 27.1 Å². The highest BCUT2D eigenvalue weighted by Crippen LogP contribution is 1.99. The Labute approximate surface area is 54.5 Å². The first-order valence-electron chi connectivity index (χ1n) is 2.04. The predicted molar refractivity (Wildman–Crippen MR) is 32.6 cm³/mol. The minimum absolute atomic E-state index is 0.156. The van der Waals surface area contributed by atoms with E-state index < -0.39 is 0 Å². The summed E-state index contributed by atoms with van der Waals surface area (Å²) in [4.78, 5) is 12.9. The lowest BCUT2D eigenvalue weighted by Gasteiger charge is -1.83. The molecule has 1 radical (unpaired) electrons. The number of nitrogens with one attached hydrogen (secondary N) is 1. The molecule has 0 saturated heterocycles. The van der Waals surface area contributed by atoms with E-state index in [0.29, 0.717) is 4.60 Å². The Hall–Kier alpha value is -0.510. The zero-order valence-corrected chi connectivity index (χ0v) is 5.82. The lowest BCUT2D eigenvalue weighted by atomic mass is 10.9. The SMILES string of the molecule is Cn1c(Br)[c][nH]c1=O. The van der Waals surface area contributed by atoms with Gasteiger partial charge in [0, 0.05) is 7.05 Å². The number of hydrogen-bond donors (Lipinski definition) is 1. The maximum Gasteiger partial charge on any atom is 0.326 e. The van der Waals surface area contributed by atoms with E-state index in [0.717, 1.165) is 0 Å². The number of nitrogens with zero attached hydrogens (tertiary/aromatic N) is 1. The van der Waals surface area contributed by atoms with Gasteiger partial charge in [-0.1, -0.05) is 0 Å². The first-order valence-corrected chi connectivity index (χ1v) is 2.83. The second-order valence-electron chi connectivity index (χ2n) is 1.40. The summed E-state index contributed by atoms with van der Waals surface area (Å²) in [6, 6.07) is 0. The molecule has 0 spiro atoms. The standard InChI is InChI=1S/C4H4BrN2O/c1-7-3(5)2-6-4(7)8/h1H3,(H,6,8). The molecule has 0 bridgehead atoms. The number of aromatic nitrogens is 2. The van der Waals surface area contributed by atoms with Crippen LogP contribution in [0.1, 0.15) is 0 Å². The number of hydrogen-bond acceptors (Lipinski definition) is 1. The predicted octanol–water partition coefficient (Wildman–Crippen LogP) is 0.276. The van der Waals surface area contributed by atoms with Crippen LogP contribution in [0.4, 0.5) is 0 Å². The molecule has 1 rings (SSSR count). The monoisotopic (exact) mass is 175 g/mol. The van der Waals surface area contributed by atoms with Gasteiger partial charge >= 0.3 is 5.69 Å². The summed E-state index contributed by atoms with van der Waals surface area (Å²) < 4.78 is 2.06. The third-order valence-electron chi connectivity index (χ3n) is 0.872. The summed E-state index contributed by atoms with van der Waals surface area (Å²) in [7, 11) is 1.65. The van der Waals surface area contributed by atoms with Gasteiger partial charge in [0.2, 0.25) is 0 Å². The fourth-order valence-electron chi connectivity index (χ4n) is 0.362. The molecule has 0 amide bonds. The molecule has 4 heteroatoms. The Morgan fingerprint density at radius 3 is 2.62 bits per heavy atom. The van der Waals surface area contributed by atoms with E-state index in [1.807, 2.05) is 0 Å². The van der Waals surface area contributed by atoms with Crippen molar-refractivity contribution in [2.75, 3.05) is 0 Å². The van der Waals surface area contributed by atoms with Crippen LogP contribution in [0.15, 0.2) is 9.40 Å². The van der Waals surface area contributed by atoms with E-state index in [1.165, 1.54) is 4.57 Å². The molecule has 0 atom stereocenters. The molecular formula is C4H4BrN2O. The van der Waals surface area contributed by atoms with Crippen molar-refractivity contribution in [1.82, 2.24) is 9.55 Å². The first-order chi connectivity index (χ1) is 3.72. The molecule has 0 unspecified atom stereocenters. The topological polar surface area (TPSA) is 37.8 Å². The van der Waals surface area contributed by atoms with Crippen molar-refractivity contribution in [3.63, 3.8) is 0 Å². The highest BCUT2D eigenvalue weighted by Gasteiger charge is 1.94. The first kappa shape index (κ1) is 5.62. The zero-order valence-electron chi connectivity index (χ0n) is 4.23. The highest BCUT2D eigenvalue weighted by atomic mass is 79.9. The summed E-state index contributed by atoms with van der Waals surface area (Å²) in [5, 5.41) is 0. The van der Waals surface area contributed by atoms with Gasteiger partial charge in [-0.3, -0.25) is 4.57 Å². The van der Waals surface area contributed by atoms with Crippen molar-refractivity contribution in [3.8, 4) is 0 Å². The highest BCUT2D eigenvalue weighted by molar-refractivity contribution is 9.10. The van der Waals surface area contributed by atoms with E-state index in [4.69, 9.17) is 0 Å². The molecule has 1 aromatic heterocycles. The lowest BCUT2D eigenvalue weighted by Crippen LogP contribution is -2.12. The fourth-order valence-corrected chi connectivity index (χ4v) is 0.622. The molecule has 0 fully saturated rings. The Kier molecular flexibility index (Phi) is 1.25. The Morgan fingerprint density at radius 1 is 1.88 bits per heavy atom. The third-order valence-corrected chi connectivity index (χ3v) is 1.60. The van der Waals surface area contributed by atoms with Gasteiger partial charge in [-0.25, -0.2) is 4.79 Å². The van der Waals surface area contributed by atoms with Crippen molar-refractivity contribution in [3.05, 3.63) is 21.3 Å². The van der Waals surface area contributed by atoms with Crippen LogP contribution in [0.3, 0.4) is 0 Å². The maximum atomic E-state index is 10.5. The molecule has 0 aliphatic carbocycles. The average molecular weight is 176 g/mol. The molecular weight excluding hydrogens is 172 g/mol. The van der Waals surface area contributed by atoms with Gasteiger partial charge in [0.15, 0.2) is 0 Å². The van der Waals surface area contributed by atoms with Crippen molar-refractivity contribution in [2.24, 2.45) is 7.05 Å². The Morgan fingerprint density at radius 2 is 2.50 bits per heavy atom. The molecule has 1 aromatic rings. The van der Waals surface area contributed by atoms with E-state index in [1.54, 1.807) is 7.05 Å². The summed E-state index contributed by atoms with van der Waals surface area (Å²) in [5.41, 5.74) is -0.156. The summed E-state index contributed by atoms with van der Waals surface area (Å²) in [6.45, 7) is 0. The number of aromatic amines is 1. The molecule has 8 heavy (non-hydrogen) atoms. The van der Waals surface area contributed by atoms with Crippen LogP contribution < -0.4 is 5.69 Å². The van der Waals surface area contributed by atoms with Crippen molar-refractivity contribution >= 4 is 15.9 Å². The van der Waals surface area contributed by atoms with Crippen LogP contribution in [-0.4, -0.2) is 9.55 Å². The Bertz CT molecular complexity index is 236. The molecule has 0 saturated carbocycles. The Balaban J connectivity index is 3.41. The van der Waals surface area contributed by atoms with Crippen LogP contribution in [-0.2, 0) is 7.05 Å². The molecule has 1 N–H and O–H groups in total. The molecule has 0 aromatic carbocycles. The summed E-state index contributed by atoms with van der Waals surface area (Å²) in [5.74, 6) is 0. The van der Waals surface area contributed by atoms with Crippen molar-refractivity contribution < 1.29 is 0 Å². The van der Waals surface area contributed by atoms with E-state index in [9.17, 15) is 4.79 Å². The number of halogens is 1. The second-order valence-corrected chi connectivity index (χ2v) is 2.16. The molecule has 0 aliphatic rings. The largest absolute Gasteiger partial charge is 0.326 e. The van der Waals surface area contributed by atoms with Crippen LogP contribution in [0.5, 0.6) is 0 Å². The van der Waals surface area contributed by atoms with Gasteiger partial charge in [0.25, 0.3) is 0 Å². The third kappa shape index (κ3) is 0.709. The quantitative estimate of drug-likeness (QED) is 0.605. The number of H-pyrrole nitrogens is 1. The lowest BCUT2D eigenvalue weighted by molar-refractivity contribution is 0.843. The zero-order chi connectivity index (χ0) is 6.15. The van der Waals surface area contributed by atoms with Crippen LogP contribution in [0, 0.1) is 6.20 Å². The molecule has 3 nitrogen and oxygen atoms in total. The maximum absolute atomic E-state index is 10.5. The summed E-state index contributed by atoms with van der Waals surface area (Å²) in [6.07, 6.45) is 2.58. The smallest absolute Gasteiger partial charge is 0.303 e. The fraction of sp³-hybridized carbons (Fsp3) is 0.250. The number of rotatable bonds is 0. The van der Waals surface area contributed by atoms with Crippen LogP contribution in [0.2, 0.25) is 0 Å². The molecule has 43 valence electrons. The van der Waals surface area contributed by atoms with Gasteiger partial charge in [-0.2, -0.15) is 0 Å². The van der Waals surface area contributed by atoms with Crippen LogP contribution in [0.25, 0.3) is 0 Å². The van der Waals surface area contributed by atoms with E-state index in [-0.39, 0.29) is 5.69 Å². The minimum atomic E-state index is -0.156. The van der Waals surface area contributed by atoms with Gasteiger partial charge in [-0.05, 0) is 15.9 Å². The second kappa shape index (κ2) is 1.78. The van der Waals surface area contributed by atoms with Gasteiger partial charge in [-0.15, -0.1) is 0 Å². The normalized spacial score (nSPS) is 9.75. The van der Waals surface area contributed by atoms with E-state index >= 15 is 0 Å².